The third-order valence-corrected chi connectivity index (χ3v) is 3.33. The zero-order valence-corrected chi connectivity index (χ0v) is 10.5. The largest absolute Gasteiger partial charge is 0.384 e. The summed E-state index contributed by atoms with van der Waals surface area (Å²) in [6, 6.07) is 1.80. The Morgan fingerprint density at radius 3 is 2.59 bits per heavy atom. The lowest BCUT2D eigenvalue weighted by molar-refractivity contribution is 0.181. The molecular formula is C13H21N3O. The molecule has 1 aliphatic rings. The predicted octanol–water partition coefficient (Wildman–Crippen LogP) is 2.64. The van der Waals surface area contributed by atoms with Crippen LogP contribution in [0.5, 0.6) is 0 Å². The number of rotatable bonds is 3. The molecule has 1 heterocycles. The van der Waals surface area contributed by atoms with Crippen LogP contribution >= 0.6 is 0 Å². The number of hydrogen-bond acceptors (Lipinski definition) is 4. The van der Waals surface area contributed by atoms with Gasteiger partial charge >= 0.3 is 0 Å². The molecule has 1 aromatic rings. The molecule has 0 atom stereocenters. The van der Waals surface area contributed by atoms with E-state index in [2.05, 4.69) is 9.97 Å². The van der Waals surface area contributed by atoms with E-state index in [0.717, 1.165) is 11.5 Å². The average molecular weight is 235 g/mol. The Bertz CT molecular complexity index is 360. The fourth-order valence-corrected chi connectivity index (χ4v) is 2.48. The van der Waals surface area contributed by atoms with Gasteiger partial charge in [0.2, 0.25) is 0 Å². The van der Waals surface area contributed by atoms with Gasteiger partial charge in [0.1, 0.15) is 11.6 Å². The molecule has 0 spiro atoms. The summed E-state index contributed by atoms with van der Waals surface area (Å²) in [5, 5.41) is 0. The Morgan fingerprint density at radius 1 is 1.24 bits per heavy atom. The van der Waals surface area contributed by atoms with E-state index in [-0.39, 0.29) is 0 Å². The minimum absolute atomic E-state index is 0.483. The first kappa shape index (κ1) is 12.3. The number of ether oxygens (including phenoxy) is 1. The van der Waals surface area contributed by atoms with Crippen molar-refractivity contribution in [1.29, 1.82) is 0 Å². The topological polar surface area (TPSA) is 61.0 Å². The molecule has 0 unspecified atom stereocenters. The smallest absolute Gasteiger partial charge is 0.134 e. The summed E-state index contributed by atoms with van der Waals surface area (Å²) >= 11 is 0. The van der Waals surface area contributed by atoms with Gasteiger partial charge < -0.3 is 10.5 Å². The Labute approximate surface area is 103 Å². The number of nitrogens with zero attached hydrogens (tertiary/aromatic N) is 2. The summed E-state index contributed by atoms with van der Waals surface area (Å²) in [4.78, 5) is 8.97. The second-order valence-corrected chi connectivity index (χ2v) is 4.76. The van der Waals surface area contributed by atoms with E-state index in [0.29, 0.717) is 18.3 Å². The third-order valence-electron chi connectivity index (χ3n) is 3.33. The van der Waals surface area contributed by atoms with Gasteiger partial charge in [0.15, 0.2) is 0 Å². The van der Waals surface area contributed by atoms with Crippen LogP contribution in [-0.2, 0) is 11.3 Å². The quantitative estimate of drug-likeness (QED) is 0.818. The van der Waals surface area contributed by atoms with Crippen molar-refractivity contribution in [3.8, 4) is 0 Å². The predicted molar refractivity (Wildman–Crippen MR) is 67.6 cm³/mol. The van der Waals surface area contributed by atoms with Gasteiger partial charge in [-0.25, -0.2) is 9.97 Å². The van der Waals surface area contributed by atoms with E-state index in [1.807, 2.05) is 0 Å². The van der Waals surface area contributed by atoms with Gasteiger partial charge in [-0.05, 0) is 12.8 Å². The molecule has 0 amide bonds. The van der Waals surface area contributed by atoms with Crippen molar-refractivity contribution >= 4 is 5.82 Å². The minimum Gasteiger partial charge on any atom is -0.384 e. The van der Waals surface area contributed by atoms with Crippen LogP contribution in [0.4, 0.5) is 5.82 Å². The van der Waals surface area contributed by atoms with Crippen LogP contribution in [-0.4, -0.2) is 17.1 Å². The monoisotopic (exact) mass is 235 g/mol. The molecule has 0 saturated heterocycles. The molecule has 4 heteroatoms. The first-order valence-corrected chi connectivity index (χ1v) is 6.42. The minimum atomic E-state index is 0.483. The van der Waals surface area contributed by atoms with E-state index in [1.165, 1.54) is 38.5 Å². The van der Waals surface area contributed by atoms with Gasteiger partial charge in [0.25, 0.3) is 0 Å². The molecule has 0 radical (unpaired) electrons. The Hall–Kier alpha value is -1.16. The fraction of sp³-hybridized carbons (Fsp3) is 0.692. The number of anilines is 1. The van der Waals surface area contributed by atoms with Gasteiger partial charge in [0.05, 0.1) is 12.3 Å². The Morgan fingerprint density at radius 2 is 1.94 bits per heavy atom. The van der Waals surface area contributed by atoms with Crippen molar-refractivity contribution in [3.63, 3.8) is 0 Å². The summed E-state index contributed by atoms with van der Waals surface area (Å²) in [6.07, 6.45) is 7.62. The molecule has 0 aromatic carbocycles. The molecule has 1 fully saturated rings. The van der Waals surface area contributed by atoms with Crippen molar-refractivity contribution in [2.24, 2.45) is 0 Å². The molecule has 17 heavy (non-hydrogen) atoms. The summed E-state index contributed by atoms with van der Waals surface area (Å²) in [5.41, 5.74) is 6.72. The molecule has 1 aliphatic carbocycles. The van der Waals surface area contributed by atoms with Crippen LogP contribution in [0.2, 0.25) is 0 Å². The molecule has 2 N–H and O–H groups in total. The second-order valence-electron chi connectivity index (χ2n) is 4.76. The second kappa shape index (κ2) is 5.96. The van der Waals surface area contributed by atoms with Gasteiger partial charge in [-0.1, -0.05) is 25.7 Å². The standard InChI is InChI=1S/C13H21N3O/c1-17-9-11-8-12(14)16-13(15-11)10-6-4-2-3-5-7-10/h8,10H,2-7,9H2,1H3,(H2,14,15,16). The summed E-state index contributed by atoms with van der Waals surface area (Å²) in [7, 11) is 1.67. The normalized spacial score (nSPS) is 17.9. The van der Waals surface area contributed by atoms with Crippen molar-refractivity contribution in [2.45, 2.75) is 51.0 Å². The summed E-state index contributed by atoms with van der Waals surface area (Å²) < 4.78 is 5.10. The zero-order valence-electron chi connectivity index (χ0n) is 10.5. The lowest BCUT2D eigenvalue weighted by atomic mass is 9.99. The van der Waals surface area contributed by atoms with Crippen LogP contribution in [0.15, 0.2) is 6.07 Å². The molecule has 0 aliphatic heterocycles. The van der Waals surface area contributed by atoms with Crippen molar-refractivity contribution in [1.82, 2.24) is 9.97 Å². The van der Waals surface area contributed by atoms with Crippen LogP contribution < -0.4 is 5.73 Å². The maximum atomic E-state index is 5.83. The number of methoxy groups -OCH3 is 1. The van der Waals surface area contributed by atoms with Crippen molar-refractivity contribution in [2.75, 3.05) is 12.8 Å². The molecule has 94 valence electrons. The molecule has 0 bridgehead atoms. The Balaban J connectivity index is 2.17. The summed E-state index contributed by atoms with van der Waals surface area (Å²) in [5.74, 6) is 1.96. The SMILES string of the molecule is COCc1cc(N)nc(C2CCCCCC2)n1. The number of nitrogens with two attached hydrogens (primary N) is 1. The van der Waals surface area contributed by atoms with E-state index >= 15 is 0 Å². The highest BCUT2D eigenvalue weighted by Crippen LogP contribution is 2.30. The van der Waals surface area contributed by atoms with E-state index < -0.39 is 0 Å². The lowest BCUT2D eigenvalue weighted by Crippen LogP contribution is -2.09. The fourth-order valence-electron chi connectivity index (χ4n) is 2.48. The lowest BCUT2D eigenvalue weighted by Gasteiger charge is -2.14. The number of hydrogen-bond donors (Lipinski definition) is 1. The van der Waals surface area contributed by atoms with E-state index in [9.17, 15) is 0 Å². The van der Waals surface area contributed by atoms with Crippen LogP contribution in [0, 0.1) is 0 Å². The van der Waals surface area contributed by atoms with Crippen molar-refractivity contribution < 1.29 is 4.74 Å². The van der Waals surface area contributed by atoms with Gasteiger partial charge in [-0.2, -0.15) is 0 Å². The van der Waals surface area contributed by atoms with Gasteiger partial charge in [-0.15, -0.1) is 0 Å². The first-order chi connectivity index (χ1) is 8.29. The highest BCUT2D eigenvalue weighted by molar-refractivity contribution is 5.30. The molecular weight excluding hydrogens is 214 g/mol. The highest BCUT2D eigenvalue weighted by Gasteiger charge is 2.18. The maximum Gasteiger partial charge on any atom is 0.134 e. The van der Waals surface area contributed by atoms with E-state index in [1.54, 1.807) is 13.2 Å². The molecule has 2 rings (SSSR count). The van der Waals surface area contributed by atoms with Gasteiger partial charge in [-0.3, -0.25) is 0 Å². The first-order valence-electron chi connectivity index (χ1n) is 6.42. The molecule has 1 saturated carbocycles. The van der Waals surface area contributed by atoms with Gasteiger partial charge in [0, 0.05) is 19.1 Å². The van der Waals surface area contributed by atoms with Crippen LogP contribution in [0.25, 0.3) is 0 Å². The summed E-state index contributed by atoms with van der Waals surface area (Å²) in [6.45, 7) is 0.506. The van der Waals surface area contributed by atoms with Crippen molar-refractivity contribution in [3.05, 3.63) is 17.6 Å². The van der Waals surface area contributed by atoms with Crippen LogP contribution in [0.1, 0.15) is 56.0 Å². The third kappa shape index (κ3) is 3.40. The highest BCUT2D eigenvalue weighted by atomic mass is 16.5. The number of aromatic nitrogens is 2. The van der Waals surface area contributed by atoms with E-state index in [4.69, 9.17) is 10.5 Å². The Kier molecular flexibility index (Phi) is 4.31. The maximum absolute atomic E-state index is 5.83. The van der Waals surface area contributed by atoms with Crippen LogP contribution in [0.3, 0.4) is 0 Å². The molecule has 1 aromatic heterocycles. The zero-order chi connectivity index (χ0) is 12.1. The molecule has 4 nitrogen and oxygen atoms in total. The number of nitrogen functional groups attached to an aromatic ring is 1. The average Bonchev–Trinajstić information content (AvgIpc) is 2.57.